The van der Waals surface area contributed by atoms with Crippen molar-refractivity contribution < 1.29 is 13.9 Å². The maximum absolute atomic E-state index is 12.9. The van der Waals surface area contributed by atoms with Gasteiger partial charge in [0.1, 0.15) is 17.3 Å². The summed E-state index contributed by atoms with van der Waals surface area (Å²) in [5.41, 5.74) is 0.531. The van der Waals surface area contributed by atoms with Crippen LogP contribution in [0.2, 0.25) is 0 Å². The Morgan fingerprint density at radius 3 is 2.75 bits per heavy atom. The van der Waals surface area contributed by atoms with Crippen molar-refractivity contribution in [2.75, 3.05) is 32.8 Å². The van der Waals surface area contributed by atoms with Crippen LogP contribution in [-0.4, -0.2) is 59.5 Å². The van der Waals surface area contributed by atoms with Gasteiger partial charge < -0.3 is 9.64 Å². The molecule has 0 unspecified atom stereocenters. The van der Waals surface area contributed by atoms with Crippen LogP contribution in [0.3, 0.4) is 0 Å². The number of rotatable bonds is 6. The van der Waals surface area contributed by atoms with Gasteiger partial charge in [0.25, 0.3) is 5.91 Å². The molecular formula is C22H26FN3O2. The van der Waals surface area contributed by atoms with Crippen LogP contribution in [0.15, 0.2) is 48.7 Å². The molecule has 3 fully saturated rings. The van der Waals surface area contributed by atoms with Crippen molar-refractivity contribution in [1.29, 1.82) is 0 Å². The minimum atomic E-state index is -0.252. The van der Waals surface area contributed by atoms with Gasteiger partial charge in [0.05, 0.1) is 6.61 Å². The Labute approximate surface area is 165 Å². The molecule has 0 N–H and O–H groups in total. The summed E-state index contributed by atoms with van der Waals surface area (Å²) in [6, 6.07) is 12.0. The fourth-order valence-electron chi connectivity index (χ4n) is 4.26. The molecule has 3 aliphatic heterocycles. The highest BCUT2D eigenvalue weighted by Crippen LogP contribution is 2.28. The number of halogens is 1. The van der Waals surface area contributed by atoms with Crippen molar-refractivity contribution >= 4 is 5.91 Å². The first-order valence-corrected chi connectivity index (χ1v) is 10.0. The fraction of sp³-hybridized carbons (Fsp3) is 0.455. The Morgan fingerprint density at radius 2 is 1.96 bits per heavy atom. The molecule has 148 valence electrons. The number of pyridine rings is 1. The smallest absolute Gasteiger partial charge is 0.272 e. The molecule has 0 spiro atoms. The number of nitrogens with zero attached hydrogens (tertiary/aromatic N) is 3. The van der Waals surface area contributed by atoms with Gasteiger partial charge in [-0.1, -0.05) is 6.07 Å². The highest BCUT2D eigenvalue weighted by molar-refractivity contribution is 5.92. The first kappa shape index (κ1) is 18.9. The molecular weight excluding hydrogens is 357 g/mol. The van der Waals surface area contributed by atoms with Crippen LogP contribution in [0.25, 0.3) is 0 Å². The summed E-state index contributed by atoms with van der Waals surface area (Å²) in [6.07, 6.45) is 4.90. The quantitative estimate of drug-likeness (QED) is 0.719. The van der Waals surface area contributed by atoms with Crippen LogP contribution in [0, 0.1) is 11.7 Å². The molecule has 5 rings (SSSR count). The maximum Gasteiger partial charge on any atom is 0.272 e. The van der Waals surface area contributed by atoms with E-state index in [0.29, 0.717) is 30.0 Å². The van der Waals surface area contributed by atoms with Gasteiger partial charge in [-0.3, -0.25) is 14.7 Å². The molecule has 0 radical (unpaired) electrons. The van der Waals surface area contributed by atoms with Gasteiger partial charge >= 0.3 is 0 Å². The molecule has 3 aliphatic rings. The predicted octanol–water partition coefficient (Wildman–Crippen LogP) is 3.23. The highest BCUT2D eigenvalue weighted by atomic mass is 19.1. The number of hydrogen-bond donors (Lipinski definition) is 0. The molecule has 1 aromatic heterocycles. The van der Waals surface area contributed by atoms with E-state index in [1.165, 1.54) is 18.6 Å². The monoisotopic (exact) mass is 383 g/mol. The third-order valence-corrected chi connectivity index (χ3v) is 5.67. The Bertz CT molecular complexity index is 784. The number of piperidine rings is 1. The molecule has 1 amide bonds. The van der Waals surface area contributed by atoms with Gasteiger partial charge in [-0.2, -0.15) is 0 Å². The SMILES string of the molecule is O=C(c1ccccn1)N1C[C@@H]2CC[C@H](C1)N(CCCOc1ccc(F)cc1)C2. The average Bonchev–Trinajstić information content (AvgIpc) is 3.04. The average molecular weight is 383 g/mol. The van der Waals surface area contributed by atoms with Crippen LogP contribution in [0.5, 0.6) is 5.75 Å². The Morgan fingerprint density at radius 1 is 1.11 bits per heavy atom. The van der Waals surface area contributed by atoms with E-state index in [4.69, 9.17) is 4.74 Å². The van der Waals surface area contributed by atoms with Crippen LogP contribution < -0.4 is 4.74 Å². The number of benzene rings is 1. The minimum absolute atomic E-state index is 0.0407. The van der Waals surface area contributed by atoms with E-state index in [-0.39, 0.29) is 11.7 Å². The molecule has 2 aromatic rings. The maximum atomic E-state index is 12.9. The molecule has 2 bridgehead atoms. The van der Waals surface area contributed by atoms with Gasteiger partial charge in [-0.25, -0.2) is 4.39 Å². The standard InChI is InChI=1S/C22H26FN3O2/c23-18-6-9-20(10-7-18)28-13-3-12-25-14-17-5-8-19(25)16-26(15-17)22(27)21-4-1-2-11-24-21/h1-2,4,6-7,9-11,17,19H,3,5,8,12-16H2/t17-,19-/m1/s1. The summed E-state index contributed by atoms with van der Waals surface area (Å²) in [5, 5.41) is 0. The number of carbonyl (C=O) groups excluding carboxylic acids is 1. The van der Waals surface area contributed by atoms with Crippen LogP contribution in [0.1, 0.15) is 29.8 Å². The Balaban J connectivity index is 1.29. The second-order valence-corrected chi connectivity index (χ2v) is 7.67. The lowest BCUT2D eigenvalue weighted by Gasteiger charge is -2.35. The van der Waals surface area contributed by atoms with E-state index in [9.17, 15) is 9.18 Å². The zero-order valence-electron chi connectivity index (χ0n) is 16.0. The van der Waals surface area contributed by atoms with Crippen molar-refractivity contribution in [3.8, 4) is 5.75 Å². The van der Waals surface area contributed by atoms with Gasteiger partial charge in [-0.15, -0.1) is 0 Å². The second-order valence-electron chi connectivity index (χ2n) is 7.67. The van der Waals surface area contributed by atoms with Crippen molar-refractivity contribution in [2.45, 2.75) is 25.3 Å². The Hall–Kier alpha value is -2.47. The largest absolute Gasteiger partial charge is 0.494 e. The van der Waals surface area contributed by atoms with E-state index >= 15 is 0 Å². The topological polar surface area (TPSA) is 45.7 Å². The van der Waals surface area contributed by atoms with E-state index in [2.05, 4.69) is 9.88 Å². The van der Waals surface area contributed by atoms with Crippen molar-refractivity contribution in [3.63, 3.8) is 0 Å². The fourth-order valence-corrected chi connectivity index (χ4v) is 4.26. The molecule has 3 saturated heterocycles. The summed E-state index contributed by atoms with van der Waals surface area (Å²) in [4.78, 5) is 21.5. The second kappa shape index (κ2) is 8.69. The van der Waals surface area contributed by atoms with Crippen molar-refractivity contribution in [2.24, 2.45) is 5.92 Å². The summed E-state index contributed by atoms with van der Waals surface area (Å²) in [7, 11) is 0. The molecule has 0 saturated carbocycles. The predicted molar refractivity (Wildman–Crippen MR) is 105 cm³/mol. The molecule has 6 heteroatoms. The number of aromatic nitrogens is 1. The summed E-state index contributed by atoms with van der Waals surface area (Å²) < 4.78 is 18.7. The molecule has 4 heterocycles. The zero-order valence-corrected chi connectivity index (χ0v) is 16.0. The summed E-state index contributed by atoms with van der Waals surface area (Å²) >= 11 is 0. The number of hydrogen-bond acceptors (Lipinski definition) is 4. The number of ether oxygens (including phenoxy) is 1. The van der Waals surface area contributed by atoms with Crippen molar-refractivity contribution in [3.05, 3.63) is 60.2 Å². The molecule has 28 heavy (non-hydrogen) atoms. The first-order valence-electron chi connectivity index (χ1n) is 10.0. The Kier molecular flexibility index (Phi) is 5.86. The van der Waals surface area contributed by atoms with Gasteiger partial charge in [0.2, 0.25) is 0 Å². The van der Waals surface area contributed by atoms with E-state index in [1.807, 2.05) is 17.0 Å². The van der Waals surface area contributed by atoms with E-state index in [1.54, 1.807) is 24.4 Å². The lowest BCUT2D eigenvalue weighted by atomic mass is 9.95. The van der Waals surface area contributed by atoms with Crippen molar-refractivity contribution in [1.82, 2.24) is 14.8 Å². The minimum Gasteiger partial charge on any atom is -0.494 e. The molecule has 1 aromatic carbocycles. The van der Waals surface area contributed by atoms with Crippen LogP contribution in [-0.2, 0) is 0 Å². The van der Waals surface area contributed by atoms with Crippen LogP contribution in [0.4, 0.5) is 4.39 Å². The third-order valence-electron chi connectivity index (χ3n) is 5.67. The molecule has 2 atom stereocenters. The van der Waals surface area contributed by atoms with Gasteiger partial charge in [0, 0.05) is 38.4 Å². The van der Waals surface area contributed by atoms with Gasteiger partial charge in [0.15, 0.2) is 0 Å². The lowest BCUT2D eigenvalue weighted by molar-refractivity contribution is 0.0730. The summed E-state index contributed by atoms with van der Waals surface area (Å²) in [5.74, 6) is 1.01. The highest BCUT2D eigenvalue weighted by Gasteiger charge is 2.36. The third kappa shape index (κ3) is 4.50. The first-order chi connectivity index (χ1) is 13.7. The van der Waals surface area contributed by atoms with Crippen LogP contribution >= 0.6 is 0 Å². The van der Waals surface area contributed by atoms with E-state index < -0.39 is 0 Å². The lowest BCUT2D eigenvalue weighted by Crippen LogP contribution is -2.45. The number of carbonyl (C=O) groups is 1. The zero-order chi connectivity index (χ0) is 19.3. The normalized spacial score (nSPS) is 22.1. The molecule has 5 nitrogen and oxygen atoms in total. The molecule has 0 aliphatic carbocycles. The van der Waals surface area contributed by atoms with E-state index in [0.717, 1.165) is 39.0 Å². The number of fused-ring (bicyclic) bond motifs is 4. The summed E-state index contributed by atoms with van der Waals surface area (Å²) in [6.45, 7) is 4.18. The number of amides is 1. The van der Waals surface area contributed by atoms with Gasteiger partial charge in [-0.05, 0) is 61.6 Å².